The SMILES string of the molecule is CC1=NC2CCCCC2S1.COC. The summed E-state index contributed by atoms with van der Waals surface area (Å²) in [5, 5.41) is 2.17. The molecule has 0 bridgehead atoms. The van der Waals surface area contributed by atoms with E-state index in [9.17, 15) is 0 Å². The minimum atomic E-state index is 0.693. The van der Waals surface area contributed by atoms with Gasteiger partial charge in [-0.15, -0.1) is 11.8 Å². The van der Waals surface area contributed by atoms with E-state index in [0.29, 0.717) is 6.04 Å². The molecule has 0 aromatic rings. The van der Waals surface area contributed by atoms with E-state index in [1.807, 2.05) is 11.8 Å². The molecule has 2 atom stereocenters. The molecule has 3 heteroatoms. The summed E-state index contributed by atoms with van der Waals surface area (Å²) in [7, 11) is 3.25. The second-order valence-corrected chi connectivity index (χ2v) is 5.00. The predicted octanol–water partition coefficient (Wildman–Crippen LogP) is 2.73. The highest BCUT2D eigenvalue weighted by Gasteiger charge is 2.30. The molecule has 1 heterocycles. The summed E-state index contributed by atoms with van der Waals surface area (Å²) >= 11 is 2.00. The molecule has 1 fully saturated rings. The van der Waals surface area contributed by atoms with Gasteiger partial charge in [-0.3, -0.25) is 4.99 Å². The molecule has 2 nitrogen and oxygen atoms in total. The summed E-state index contributed by atoms with van der Waals surface area (Å²) in [6, 6.07) is 0.693. The van der Waals surface area contributed by atoms with Gasteiger partial charge in [0, 0.05) is 19.5 Å². The van der Waals surface area contributed by atoms with Crippen molar-refractivity contribution in [3.8, 4) is 0 Å². The van der Waals surface area contributed by atoms with Crippen LogP contribution in [0.1, 0.15) is 32.6 Å². The molecule has 2 aliphatic rings. The summed E-state index contributed by atoms with van der Waals surface area (Å²) < 4.78 is 4.25. The van der Waals surface area contributed by atoms with Crippen molar-refractivity contribution < 1.29 is 4.74 Å². The number of methoxy groups -OCH3 is 1. The van der Waals surface area contributed by atoms with E-state index in [1.165, 1.54) is 30.7 Å². The Hall–Kier alpha value is -0.0200. The van der Waals surface area contributed by atoms with Gasteiger partial charge in [0.1, 0.15) is 0 Å². The average Bonchev–Trinajstić information content (AvgIpc) is 2.45. The lowest BCUT2D eigenvalue weighted by molar-refractivity contribution is 0.277. The fraction of sp³-hybridized carbons (Fsp3) is 0.900. The number of hydrogen-bond acceptors (Lipinski definition) is 3. The van der Waals surface area contributed by atoms with Crippen LogP contribution in [0.2, 0.25) is 0 Å². The van der Waals surface area contributed by atoms with Crippen molar-refractivity contribution in [2.75, 3.05) is 14.2 Å². The van der Waals surface area contributed by atoms with E-state index < -0.39 is 0 Å². The fourth-order valence-corrected chi connectivity index (χ4v) is 3.12. The molecule has 2 rings (SSSR count). The van der Waals surface area contributed by atoms with Gasteiger partial charge in [0.2, 0.25) is 0 Å². The van der Waals surface area contributed by atoms with Crippen molar-refractivity contribution >= 4 is 16.8 Å². The predicted molar refractivity (Wildman–Crippen MR) is 59.7 cm³/mol. The van der Waals surface area contributed by atoms with Crippen LogP contribution in [0.3, 0.4) is 0 Å². The van der Waals surface area contributed by atoms with Crippen LogP contribution in [0.25, 0.3) is 0 Å². The third kappa shape index (κ3) is 3.31. The van der Waals surface area contributed by atoms with Gasteiger partial charge >= 0.3 is 0 Å². The summed E-state index contributed by atoms with van der Waals surface area (Å²) in [4.78, 5) is 4.59. The Kier molecular flexibility index (Phi) is 4.81. The molecule has 2 unspecified atom stereocenters. The van der Waals surface area contributed by atoms with Crippen molar-refractivity contribution in [3.63, 3.8) is 0 Å². The number of thioether (sulfide) groups is 1. The number of nitrogens with zero attached hydrogens (tertiary/aromatic N) is 1. The van der Waals surface area contributed by atoms with Crippen molar-refractivity contribution in [2.45, 2.75) is 43.9 Å². The molecule has 1 aliphatic heterocycles. The first-order valence-electron chi connectivity index (χ1n) is 4.89. The van der Waals surface area contributed by atoms with Crippen LogP contribution in [0.15, 0.2) is 4.99 Å². The second-order valence-electron chi connectivity index (χ2n) is 3.56. The van der Waals surface area contributed by atoms with Crippen LogP contribution in [0, 0.1) is 0 Å². The summed E-state index contributed by atoms with van der Waals surface area (Å²) in [6.45, 7) is 2.14. The van der Waals surface area contributed by atoms with Gasteiger partial charge in [0.05, 0.1) is 11.1 Å². The van der Waals surface area contributed by atoms with Crippen LogP contribution in [-0.4, -0.2) is 30.6 Å². The van der Waals surface area contributed by atoms with Gasteiger partial charge in [-0.05, 0) is 19.8 Å². The normalized spacial score (nSPS) is 31.5. The Morgan fingerprint density at radius 3 is 2.54 bits per heavy atom. The highest BCUT2D eigenvalue weighted by Crippen LogP contribution is 2.36. The Bertz CT molecular complexity index is 182. The smallest absolute Gasteiger partial charge is 0.0652 e. The van der Waals surface area contributed by atoms with Crippen molar-refractivity contribution in [1.29, 1.82) is 0 Å². The summed E-state index contributed by atoms with van der Waals surface area (Å²) in [6.07, 6.45) is 5.57. The topological polar surface area (TPSA) is 21.6 Å². The van der Waals surface area contributed by atoms with E-state index in [2.05, 4.69) is 16.7 Å². The lowest BCUT2D eigenvalue weighted by Gasteiger charge is -2.21. The fourth-order valence-electron chi connectivity index (χ4n) is 1.85. The number of rotatable bonds is 0. The molecule has 0 amide bonds. The van der Waals surface area contributed by atoms with E-state index in [1.54, 1.807) is 14.2 Å². The van der Waals surface area contributed by atoms with Crippen LogP contribution in [0.4, 0.5) is 0 Å². The number of ether oxygens (including phenoxy) is 1. The first kappa shape index (κ1) is 11.1. The largest absolute Gasteiger partial charge is 0.388 e. The molecule has 1 saturated carbocycles. The average molecular weight is 201 g/mol. The third-order valence-corrected chi connectivity index (χ3v) is 3.64. The molecule has 0 spiro atoms. The zero-order valence-corrected chi connectivity index (χ0v) is 9.56. The molecule has 0 aromatic heterocycles. The minimum absolute atomic E-state index is 0.693. The van der Waals surface area contributed by atoms with E-state index >= 15 is 0 Å². The highest BCUT2D eigenvalue weighted by atomic mass is 32.2. The van der Waals surface area contributed by atoms with E-state index in [4.69, 9.17) is 0 Å². The maximum absolute atomic E-state index is 4.59. The summed E-state index contributed by atoms with van der Waals surface area (Å²) in [5.41, 5.74) is 0. The Morgan fingerprint density at radius 1 is 1.31 bits per heavy atom. The van der Waals surface area contributed by atoms with Gasteiger partial charge in [-0.2, -0.15) is 0 Å². The Labute approximate surface area is 85.1 Å². The molecule has 0 aromatic carbocycles. The van der Waals surface area contributed by atoms with Gasteiger partial charge < -0.3 is 4.74 Å². The van der Waals surface area contributed by atoms with Gasteiger partial charge in [0.25, 0.3) is 0 Å². The van der Waals surface area contributed by atoms with Crippen molar-refractivity contribution in [2.24, 2.45) is 4.99 Å². The van der Waals surface area contributed by atoms with Crippen LogP contribution in [-0.2, 0) is 4.74 Å². The number of hydrogen-bond donors (Lipinski definition) is 0. The molecule has 0 radical (unpaired) electrons. The highest BCUT2D eigenvalue weighted by molar-refractivity contribution is 8.14. The van der Waals surface area contributed by atoms with Crippen molar-refractivity contribution in [3.05, 3.63) is 0 Å². The maximum atomic E-state index is 4.59. The summed E-state index contributed by atoms with van der Waals surface area (Å²) in [5.74, 6) is 0. The Morgan fingerprint density at radius 2 is 1.92 bits per heavy atom. The molecule has 76 valence electrons. The van der Waals surface area contributed by atoms with Crippen LogP contribution in [0.5, 0.6) is 0 Å². The van der Waals surface area contributed by atoms with Crippen molar-refractivity contribution in [1.82, 2.24) is 0 Å². The molecule has 1 aliphatic carbocycles. The minimum Gasteiger partial charge on any atom is -0.388 e. The molecular weight excluding hydrogens is 182 g/mol. The lowest BCUT2D eigenvalue weighted by atomic mass is 9.95. The maximum Gasteiger partial charge on any atom is 0.0652 e. The number of aliphatic imine (C=N–C) groups is 1. The van der Waals surface area contributed by atoms with E-state index in [-0.39, 0.29) is 0 Å². The van der Waals surface area contributed by atoms with Gasteiger partial charge in [-0.1, -0.05) is 12.8 Å². The van der Waals surface area contributed by atoms with Gasteiger partial charge in [-0.25, -0.2) is 0 Å². The zero-order valence-electron chi connectivity index (χ0n) is 8.75. The lowest BCUT2D eigenvalue weighted by Crippen LogP contribution is -2.21. The first-order chi connectivity index (χ1) is 6.27. The van der Waals surface area contributed by atoms with E-state index in [0.717, 1.165) is 5.25 Å². The molecule has 0 N–H and O–H groups in total. The first-order valence-corrected chi connectivity index (χ1v) is 5.77. The molecule has 0 saturated heterocycles. The third-order valence-electron chi connectivity index (χ3n) is 2.34. The monoisotopic (exact) mass is 201 g/mol. The van der Waals surface area contributed by atoms with Crippen LogP contribution >= 0.6 is 11.8 Å². The van der Waals surface area contributed by atoms with Gasteiger partial charge in [0.15, 0.2) is 0 Å². The van der Waals surface area contributed by atoms with Crippen LogP contribution < -0.4 is 0 Å². The molecule has 13 heavy (non-hydrogen) atoms. The second kappa shape index (κ2) is 5.66. The zero-order chi connectivity index (χ0) is 9.68. The quantitative estimate of drug-likeness (QED) is 0.601. The molecular formula is C10H19NOS. The number of fused-ring (bicyclic) bond motifs is 1. The standard InChI is InChI=1S/C8H13NS.C2H6O/c1-6-9-7-4-2-3-5-8(7)10-6;1-3-2/h7-8H,2-5H2,1H3;1-2H3. The Balaban J connectivity index is 0.000000251.